The Balaban J connectivity index is 1.43. The third-order valence-electron chi connectivity index (χ3n) is 7.18. The molecule has 0 bridgehead atoms. The van der Waals surface area contributed by atoms with E-state index in [-0.39, 0.29) is 4.75 Å². The van der Waals surface area contributed by atoms with Gasteiger partial charge in [-0.3, -0.25) is 0 Å². The predicted octanol–water partition coefficient (Wildman–Crippen LogP) is 9.32. The molecule has 5 aromatic rings. The summed E-state index contributed by atoms with van der Waals surface area (Å²) < 4.78 is 2.73. The van der Waals surface area contributed by atoms with Crippen LogP contribution in [0.2, 0.25) is 0 Å². The largest absolute Gasteiger partial charge is 0.135 e. The number of benzene rings is 4. The van der Waals surface area contributed by atoms with Crippen LogP contribution < -0.4 is 0 Å². The van der Waals surface area contributed by atoms with Crippen molar-refractivity contribution < 1.29 is 0 Å². The van der Waals surface area contributed by atoms with E-state index in [0.29, 0.717) is 5.92 Å². The number of hydrogen-bond donors (Lipinski definition) is 0. The zero-order chi connectivity index (χ0) is 22.0. The molecule has 2 heterocycles. The van der Waals surface area contributed by atoms with Gasteiger partial charge in [0.25, 0.3) is 0 Å². The average Bonchev–Trinajstić information content (AvgIpc) is 3.38. The van der Waals surface area contributed by atoms with E-state index in [4.69, 9.17) is 0 Å². The van der Waals surface area contributed by atoms with Crippen molar-refractivity contribution in [2.24, 2.45) is 0 Å². The van der Waals surface area contributed by atoms with Gasteiger partial charge in [0, 0.05) is 31.0 Å². The van der Waals surface area contributed by atoms with Crippen LogP contribution in [-0.2, 0) is 0 Å². The maximum absolute atomic E-state index is 2.43. The molecule has 2 aliphatic rings. The van der Waals surface area contributed by atoms with Gasteiger partial charge in [0.1, 0.15) is 0 Å². The molecule has 0 N–H and O–H groups in total. The quantitative estimate of drug-likeness (QED) is 0.254. The molecule has 2 heteroatoms. The maximum atomic E-state index is 2.43. The van der Waals surface area contributed by atoms with E-state index in [1.54, 1.807) is 0 Å². The summed E-state index contributed by atoms with van der Waals surface area (Å²) in [5.74, 6) is 0.302. The second-order valence-corrected chi connectivity index (χ2v) is 11.6. The number of thiophene rings is 1. The van der Waals surface area contributed by atoms with Crippen molar-refractivity contribution in [2.45, 2.75) is 22.5 Å². The molecule has 2 atom stereocenters. The minimum absolute atomic E-state index is 0.0113. The highest BCUT2D eigenvalue weighted by molar-refractivity contribution is 8.01. The lowest BCUT2D eigenvalue weighted by molar-refractivity contribution is 0.713. The van der Waals surface area contributed by atoms with Gasteiger partial charge in [0.15, 0.2) is 0 Å². The standard InChI is InChI=1S/C31H22S2/c1-31-26(16-9-17-27(31)25-13-5-7-19-29(25)33-31)21-11-3-2-10-20(21)23-14-8-15-24-22-12-4-6-18-28(22)32-30(23)24/h2-19,26H,1H3/t26?,31-/m0/s1. The summed E-state index contributed by atoms with van der Waals surface area (Å²) in [7, 11) is 0. The van der Waals surface area contributed by atoms with Crippen molar-refractivity contribution in [3.63, 3.8) is 0 Å². The third-order valence-corrected chi connectivity index (χ3v) is 9.88. The van der Waals surface area contributed by atoms with Crippen LogP contribution in [0.4, 0.5) is 0 Å². The zero-order valence-electron chi connectivity index (χ0n) is 18.3. The fraction of sp³-hybridized carbons (Fsp3) is 0.0968. The molecule has 33 heavy (non-hydrogen) atoms. The maximum Gasteiger partial charge on any atom is 0.0537 e. The molecule has 1 aliphatic carbocycles. The van der Waals surface area contributed by atoms with E-state index in [0.717, 1.165) is 0 Å². The van der Waals surface area contributed by atoms with Crippen LogP contribution in [0.1, 0.15) is 24.0 Å². The van der Waals surface area contributed by atoms with Crippen molar-refractivity contribution in [1.29, 1.82) is 0 Å². The predicted molar refractivity (Wildman–Crippen MR) is 145 cm³/mol. The van der Waals surface area contributed by atoms with Crippen LogP contribution in [0.5, 0.6) is 0 Å². The van der Waals surface area contributed by atoms with Gasteiger partial charge in [-0.05, 0) is 46.9 Å². The van der Waals surface area contributed by atoms with Crippen LogP contribution in [-0.4, -0.2) is 4.75 Å². The number of rotatable bonds is 2. The van der Waals surface area contributed by atoms with Gasteiger partial charge in [0.2, 0.25) is 0 Å². The second-order valence-electron chi connectivity index (χ2n) is 9.02. The van der Waals surface area contributed by atoms with Crippen LogP contribution in [0.25, 0.3) is 36.9 Å². The first-order chi connectivity index (χ1) is 16.2. The Kier molecular flexibility index (Phi) is 4.24. The Morgan fingerprint density at radius 3 is 2.36 bits per heavy atom. The number of thioether (sulfide) groups is 1. The number of hydrogen-bond acceptors (Lipinski definition) is 2. The van der Waals surface area contributed by atoms with E-state index in [1.165, 1.54) is 52.9 Å². The molecule has 0 fully saturated rings. The van der Waals surface area contributed by atoms with Crippen LogP contribution in [0, 0.1) is 0 Å². The van der Waals surface area contributed by atoms with Gasteiger partial charge in [-0.25, -0.2) is 0 Å². The lowest BCUT2D eigenvalue weighted by atomic mass is 9.74. The highest BCUT2D eigenvalue weighted by atomic mass is 32.2. The fourth-order valence-electron chi connectivity index (χ4n) is 5.63. The topological polar surface area (TPSA) is 0 Å². The summed E-state index contributed by atoms with van der Waals surface area (Å²) in [6, 6.07) is 33.5. The molecule has 1 aliphatic heterocycles. The molecule has 4 aromatic carbocycles. The molecule has 1 unspecified atom stereocenters. The summed E-state index contributed by atoms with van der Waals surface area (Å²) in [5, 5.41) is 2.71. The summed E-state index contributed by atoms with van der Waals surface area (Å²) in [5.41, 5.74) is 6.95. The van der Waals surface area contributed by atoms with Crippen LogP contribution in [0.3, 0.4) is 0 Å². The molecule has 0 nitrogen and oxygen atoms in total. The highest BCUT2D eigenvalue weighted by Gasteiger charge is 2.46. The first-order valence-corrected chi connectivity index (χ1v) is 13.0. The smallest absolute Gasteiger partial charge is 0.0537 e. The Morgan fingerprint density at radius 1 is 0.697 bits per heavy atom. The van der Waals surface area contributed by atoms with Crippen molar-refractivity contribution in [1.82, 2.24) is 0 Å². The minimum atomic E-state index is -0.0113. The SMILES string of the molecule is C[C@@]12Sc3ccccc3C1=CC=CC2c1ccccc1-c1cccc2c1sc1ccccc12. The van der Waals surface area contributed by atoms with Gasteiger partial charge in [0.05, 0.1) is 4.75 Å². The Bertz CT molecular complexity index is 1620. The summed E-state index contributed by atoms with van der Waals surface area (Å²) in [4.78, 5) is 1.39. The van der Waals surface area contributed by atoms with Crippen LogP contribution in [0.15, 0.2) is 114 Å². The number of allylic oxidation sites excluding steroid dienone is 3. The number of fused-ring (bicyclic) bond motifs is 6. The molecule has 7 rings (SSSR count). The average molecular weight is 459 g/mol. The lowest BCUT2D eigenvalue weighted by Gasteiger charge is -2.36. The van der Waals surface area contributed by atoms with Gasteiger partial charge in [-0.2, -0.15) is 0 Å². The van der Waals surface area contributed by atoms with Crippen molar-refractivity contribution >= 4 is 48.8 Å². The second kappa shape index (κ2) is 7.21. The fourth-order valence-corrected chi connectivity index (χ4v) is 8.38. The van der Waals surface area contributed by atoms with Gasteiger partial charge >= 0.3 is 0 Å². The molecule has 158 valence electrons. The monoisotopic (exact) mass is 458 g/mol. The van der Waals surface area contributed by atoms with Gasteiger partial charge in [-0.15, -0.1) is 23.1 Å². The van der Waals surface area contributed by atoms with Gasteiger partial charge in [-0.1, -0.05) is 97.1 Å². The van der Waals surface area contributed by atoms with Crippen molar-refractivity contribution in [3.05, 3.63) is 120 Å². The molecular formula is C31H22S2. The van der Waals surface area contributed by atoms with E-state index >= 15 is 0 Å². The van der Waals surface area contributed by atoms with E-state index in [2.05, 4.69) is 116 Å². The third kappa shape index (κ3) is 2.78. The van der Waals surface area contributed by atoms with Crippen molar-refractivity contribution in [3.8, 4) is 11.1 Å². The Labute approximate surface area is 202 Å². The zero-order valence-corrected chi connectivity index (χ0v) is 19.9. The van der Waals surface area contributed by atoms with Crippen molar-refractivity contribution in [2.75, 3.05) is 0 Å². The molecule has 1 aromatic heterocycles. The van der Waals surface area contributed by atoms with E-state index in [1.807, 2.05) is 23.1 Å². The molecule has 0 amide bonds. The van der Waals surface area contributed by atoms with Crippen LogP contribution >= 0.6 is 23.1 Å². The Morgan fingerprint density at radius 2 is 1.42 bits per heavy atom. The highest BCUT2D eigenvalue weighted by Crippen LogP contribution is 2.61. The summed E-state index contributed by atoms with van der Waals surface area (Å²) >= 11 is 3.93. The molecule has 0 spiro atoms. The summed E-state index contributed by atoms with van der Waals surface area (Å²) in [6.45, 7) is 2.43. The Hall–Kier alpha value is -3.07. The van der Waals surface area contributed by atoms with Gasteiger partial charge < -0.3 is 0 Å². The minimum Gasteiger partial charge on any atom is -0.135 e. The normalized spacial score (nSPS) is 21.2. The first kappa shape index (κ1) is 19.4. The van der Waals surface area contributed by atoms with E-state index < -0.39 is 0 Å². The summed E-state index contributed by atoms with van der Waals surface area (Å²) in [6.07, 6.45) is 7.00. The lowest BCUT2D eigenvalue weighted by Crippen LogP contribution is -2.28. The van der Waals surface area contributed by atoms with E-state index in [9.17, 15) is 0 Å². The molecule has 0 radical (unpaired) electrons. The first-order valence-electron chi connectivity index (χ1n) is 11.4. The molecular weight excluding hydrogens is 436 g/mol. The molecule has 0 saturated heterocycles. The molecule has 0 saturated carbocycles.